The molecule has 1 aliphatic carbocycles. The van der Waals surface area contributed by atoms with Crippen molar-refractivity contribution in [1.29, 1.82) is 0 Å². The summed E-state index contributed by atoms with van der Waals surface area (Å²) in [5, 5.41) is 4.06. The number of hydrogen-bond acceptors (Lipinski definition) is 5. The van der Waals surface area contributed by atoms with Crippen molar-refractivity contribution in [2.45, 2.75) is 23.3 Å². The Kier molecular flexibility index (Phi) is 5.91. The van der Waals surface area contributed by atoms with Crippen LogP contribution in [-0.4, -0.2) is 22.6 Å². The lowest BCUT2D eigenvalue weighted by atomic mass is 9.77. The summed E-state index contributed by atoms with van der Waals surface area (Å²) in [5.41, 5.74) is 3.39. The second-order valence-corrected chi connectivity index (χ2v) is 10.6. The average Bonchev–Trinajstić information content (AvgIpc) is 3.34. The molecule has 3 aromatic rings. The fraction of sp³-hybridized carbons (Fsp3) is 0.231. The summed E-state index contributed by atoms with van der Waals surface area (Å²) >= 11 is 6.07. The Morgan fingerprint density at radius 2 is 1.79 bits per heavy atom. The maximum absolute atomic E-state index is 13.2. The van der Waals surface area contributed by atoms with Crippen LogP contribution in [0, 0.1) is 5.92 Å². The van der Waals surface area contributed by atoms with Crippen LogP contribution in [0.15, 0.2) is 77.7 Å². The van der Waals surface area contributed by atoms with Crippen LogP contribution in [0.4, 0.5) is 11.4 Å². The number of nitrogens with one attached hydrogen (secondary N) is 2. The van der Waals surface area contributed by atoms with Gasteiger partial charge in [0.05, 0.1) is 30.8 Å². The van der Waals surface area contributed by atoms with E-state index in [9.17, 15) is 8.42 Å². The summed E-state index contributed by atoms with van der Waals surface area (Å²) in [7, 11) is -0.712. The van der Waals surface area contributed by atoms with Gasteiger partial charge < -0.3 is 14.8 Å². The number of hydrogen-bond donors (Lipinski definition) is 2. The minimum Gasteiger partial charge on any atom is -0.497 e. The van der Waals surface area contributed by atoms with Crippen LogP contribution in [0.25, 0.3) is 0 Å². The zero-order valence-electron chi connectivity index (χ0n) is 18.8. The van der Waals surface area contributed by atoms with E-state index >= 15 is 0 Å². The SMILES string of the molecule is COc1ccc([C@H]2Nc3ccc(S(=O)(=O)Nc4cc(Cl)ccc4OC)cc3[C@H]3C=CC[C@H]32)cc1. The van der Waals surface area contributed by atoms with Crippen LogP contribution < -0.4 is 19.5 Å². The summed E-state index contributed by atoms with van der Waals surface area (Å²) in [6.45, 7) is 0. The van der Waals surface area contributed by atoms with Crippen molar-refractivity contribution < 1.29 is 17.9 Å². The predicted molar refractivity (Wildman–Crippen MR) is 135 cm³/mol. The van der Waals surface area contributed by atoms with Gasteiger partial charge in [-0.15, -0.1) is 0 Å². The number of halogens is 1. The summed E-state index contributed by atoms with van der Waals surface area (Å²) in [6, 6.07) is 18.3. The Labute approximate surface area is 204 Å². The highest BCUT2D eigenvalue weighted by Gasteiger charge is 2.38. The molecule has 0 bridgehead atoms. The number of sulfonamides is 1. The summed E-state index contributed by atoms with van der Waals surface area (Å²) in [4.78, 5) is 0.192. The van der Waals surface area contributed by atoms with Crippen LogP contribution in [0.3, 0.4) is 0 Å². The lowest BCUT2D eigenvalue weighted by Crippen LogP contribution is -2.29. The van der Waals surface area contributed by atoms with Crippen LogP contribution in [0.5, 0.6) is 11.5 Å². The number of methoxy groups -OCH3 is 2. The van der Waals surface area contributed by atoms with Gasteiger partial charge in [-0.2, -0.15) is 0 Å². The van der Waals surface area contributed by atoms with Crippen molar-refractivity contribution in [1.82, 2.24) is 0 Å². The molecule has 0 radical (unpaired) electrons. The lowest BCUT2D eigenvalue weighted by Gasteiger charge is -2.37. The van der Waals surface area contributed by atoms with Gasteiger partial charge in [0, 0.05) is 16.6 Å². The van der Waals surface area contributed by atoms with Crippen molar-refractivity contribution >= 4 is 33.0 Å². The quantitative estimate of drug-likeness (QED) is 0.410. The van der Waals surface area contributed by atoms with Crippen molar-refractivity contribution in [2.75, 3.05) is 24.3 Å². The predicted octanol–water partition coefficient (Wildman–Crippen LogP) is 5.98. The highest BCUT2D eigenvalue weighted by molar-refractivity contribution is 7.92. The molecule has 176 valence electrons. The number of allylic oxidation sites excluding steroid dienone is 2. The first-order valence-corrected chi connectivity index (χ1v) is 12.8. The molecule has 0 unspecified atom stereocenters. The third kappa shape index (κ3) is 4.10. The molecule has 34 heavy (non-hydrogen) atoms. The third-order valence-electron chi connectivity index (χ3n) is 6.53. The third-order valence-corrected chi connectivity index (χ3v) is 8.12. The van der Waals surface area contributed by atoms with Crippen molar-refractivity contribution in [2.24, 2.45) is 5.92 Å². The Balaban J connectivity index is 1.48. The largest absolute Gasteiger partial charge is 0.497 e. The highest BCUT2D eigenvalue weighted by Crippen LogP contribution is 2.50. The van der Waals surface area contributed by atoms with E-state index in [4.69, 9.17) is 21.1 Å². The second kappa shape index (κ2) is 8.89. The Bertz CT molecular complexity index is 1360. The van der Waals surface area contributed by atoms with E-state index in [1.165, 1.54) is 18.7 Å². The molecule has 2 N–H and O–H groups in total. The molecule has 0 spiro atoms. The molecule has 0 saturated heterocycles. The molecule has 3 aromatic carbocycles. The van der Waals surface area contributed by atoms with E-state index in [0.717, 1.165) is 23.4 Å². The zero-order chi connectivity index (χ0) is 23.9. The molecule has 0 saturated carbocycles. The number of fused-ring (bicyclic) bond motifs is 3. The fourth-order valence-electron chi connectivity index (χ4n) is 4.84. The molecule has 1 heterocycles. The monoisotopic (exact) mass is 496 g/mol. The summed E-state index contributed by atoms with van der Waals surface area (Å²) in [6.07, 6.45) is 5.28. The fourth-order valence-corrected chi connectivity index (χ4v) is 6.11. The van der Waals surface area contributed by atoms with Gasteiger partial charge >= 0.3 is 0 Å². The van der Waals surface area contributed by atoms with E-state index in [1.807, 2.05) is 18.2 Å². The summed E-state index contributed by atoms with van der Waals surface area (Å²) in [5.74, 6) is 1.63. The van der Waals surface area contributed by atoms with Crippen LogP contribution in [-0.2, 0) is 10.0 Å². The molecule has 3 atom stereocenters. The molecular weight excluding hydrogens is 472 g/mol. The van der Waals surface area contributed by atoms with Gasteiger partial charge in [-0.3, -0.25) is 4.72 Å². The molecule has 8 heteroatoms. The first kappa shape index (κ1) is 22.6. The molecule has 0 amide bonds. The van der Waals surface area contributed by atoms with Gasteiger partial charge in [0.1, 0.15) is 11.5 Å². The molecular formula is C26H25ClN2O4S. The Morgan fingerprint density at radius 1 is 1.00 bits per heavy atom. The zero-order valence-corrected chi connectivity index (χ0v) is 20.4. The van der Waals surface area contributed by atoms with Crippen molar-refractivity contribution in [3.05, 3.63) is 89.0 Å². The second-order valence-electron chi connectivity index (χ2n) is 8.45. The Hall–Kier alpha value is -3.16. The minimum absolute atomic E-state index is 0.120. The average molecular weight is 497 g/mol. The van der Waals surface area contributed by atoms with E-state index in [0.29, 0.717) is 22.4 Å². The van der Waals surface area contributed by atoms with Crippen LogP contribution in [0.2, 0.25) is 5.02 Å². The van der Waals surface area contributed by atoms with Crippen LogP contribution >= 0.6 is 11.6 Å². The van der Waals surface area contributed by atoms with Crippen molar-refractivity contribution in [3.8, 4) is 11.5 Å². The molecule has 1 aliphatic heterocycles. The van der Waals surface area contributed by atoms with E-state index in [1.54, 1.807) is 31.4 Å². The van der Waals surface area contributed by atoms with Gasteiger partial charge in [-0.25, -0.2) is 8.42 Å². The smallest absolute Gasteiger partial charge is 0.262 e. The lowest BCUT2D eigenvalue weighted by molar-refractivity contribution is 0.411. The molecule has 2 aliphatic rings. The number of ether oxygens (including phenoxy) is 2. The van der Waals surface area contributed by atoms with Crippen LogP contribution in [0.1, 0.15) is 29.5 Å². The van der Waals surface area contributed by atoms with Gasteiger partial charge in [0.25, 0.3) is 10.0 Å². The topological polar surface area (TPSA) is 76.7 Å². The van der Waals surface area contributed by atoms with E-state index < -0.39 is 10.0 Å². The van der Waals surface area contributed by atoms with Crippen molar-refractivity contribution in [3.63, 3.8) is 0 Å². The molecule has 0 fully saturated rings. The first-order valence-electron chi connectivity index (χ1n) is 11.0. The van der Waals surface area contributed by atoms with E-state index in [-0.39, 0.29) is 16.9 Å². The molecule has 6 nitrogen and oxygen atoms in total. The minimum atomic E-state index is -3.85. The number of benzene rings is 3. The standard InChI is InChI=1S/C26H25ClN2O4S/c1-32-18-9-6-16(7-10-18)26-21-5-3-4-20(21)22-15-19(11-12-23(22)28-26)34(30,31)29-24-14-17(27)8-13-25(24)33-2/h3-4,6-15,20-21,26,28-29H,5H2,1-2H3/t20-,21+,26+/m0/s1. The number of rotatable bonds is 6. The van der Waals surface area contributed by atoms with Gasteiger partial charge in [-0.1, -0.05) is 35.9 Å². The maximum Gasteiger partial charge on any atom is 0.262 e. The summed E-state index contributed by atoms with van der Waals surface area (Å²) < 4.78 is 39.7. The first-order chi connectivity index (χ1) is 16.4. The van der Waals surface area contributed by atoms with Gasteiger partial charge in [0.2, 0.25) is 0 Å². The molecule has 5 rings (SSSR count). The van der Waals surface area contributed by atoms with E-state index in [2.05, 4.69) is 34.3 Å². The maximum atomic E-state index is 13.2. The highest BCUT2D eigenvalue weighted by atomic mass is 35.5. The van der Waals surface area contributed by atoms with Gasteiger partial charge in [0.15, 0.2) is 0 Å². The Morgan fingerprint density at radius 3 is 2.53 bits per heavy atom. The normalized spacial score (nSPS) is 20.7. The molecule has 0 aromatic heterocycles. The number of anilines is 2. The van der Waals surface area contributed by atoms with Gasteiger partial charge in [-0.05, 0) is 72.0 Å².